The van der Waals surface area contributed by atoms with Crippen LogP contribution in [0, 0.1) is 6.92 Å². The van der Waals surface area contributed by atoms with Crippen molar-refractivity contribution in [2.45, 2.75) is 13.8 Å². The maximum absolute atomic E-state index is 12.5. The Balaban J connectivity index is 1.50. The summed E-state index contributed by atoms with van der Waals surface area (Å²) in [7, 11) is 0. The number of hydrogen-bond acceptors (Lipinski definition) is 6. The average Bonchev–Trinajstić information content (AvgIpc) is 3.17. The van der Waals surface area contributed by atoms with E-state index in [1.54, 1.807) is 18.2 Å². The molecule has 0 saturated carbocycles. The van der Waals surface area contributed by atoms with Crippen LogP contribution in [0.2, 0.25) is 0 Å². The van der Waals surface area contributed by atoms with E-state index >= 15 is 0 Å². The van der Waals surface area contributed by atoms with E-state index in [4.69, 9.17) is 9.47 Å². The van der Waals surface area contributed by atoms with Crippen LogP contribution in [0.3, 0.4) is 0 Å². The second-order valence-corrected chi connectivity index (χ2v) is 6.38. The normalized spacial score (nSPS) is 11.9. The van der Waals surface area contributed by atoms with E-state index in [1.807, 2.05) is 36.9 Å². The van der Waals surface area contributed by atoms with E-state index in [1.165, 1.54) is 12.4 Å². The van der Waals surface area contributed by atoms with Gasteiger partial charge in [0.1, 0.15) is 0 Å². The molecule has 1 aromatic heterocycles. The number of ether oxygens (including phenoxy) is 2. The van der Waals surface area contributed by atoms with Crippen molar-refractivity contribution in [3.05, 3.63) is 66.0 Å². The van der Waals surface area contributed by atoms with Gasteiger partial charge in [0.2, 0.25) is 12.7 Å². The molecule has 2 aromatic carbocycles. The summed E-state index contributed by atoms with van der Waals surface area (Å²) >= 11 is 0. The highest BCUT2D eigenvalue weighted by atomic mass is 16.7. The van der Waals surface area contributed by atoms with Crippen LogP contribution in [0.15, 0.2) is 54.9 Å². The molecule has 7 heteroatoms. The number of carbonyl (C=O) groups is 1. The number of aryl methyl sites for hydroxylation is 1. The molecule has 0 atom stereocenters. The molecule has 7 nitrogen and oxygen atoms in total. The van der Waals surface area contributed by atoms with Crippen LogP contribution >= 0.6 is 0 Å². The van der Waals surface area contributed by atoms with Crippen molar-refractivity contribution in [1.82, 2.24) is 9.97 Å². The third kappa shape index (κ3) is 3.59. The second kappa shape index (κ2) is 7.56. The Morgan fingerprint density at radius 2 is 1.89 bits per heavy atom. The van der Waals surface area contributed by atoms with Crippen LogP contribution in [0.1, 0.15) is 22.8 Å². The van der Waals surface area contributed by atoms with Crippen molar-refractivity contribution in [3.8, 4) is 11.5 Å². The Morgan fingerprint density at radius 1 is 1.11 bits per heavy atom. The smallest absolute Gasteiger partial charge is 0.258 e. The molecular weight excluding hydrogens is 356 g/mol. The van der Waals surface area contributed by atoms with Crippen molar-refractivity contribution in [2.24, 2.45) is 0 Å². The summed E-state index contributed by atoms with van der Waals surface area (Å²) in [5, 5.41) is 2.82. The first-order valence-electron chi connectivity index (χ1n) is 9.01. The van der Waals surface area contributed by atoms with Crippen LogP contribution in [0.4, 0.5) is 17.3 Å². The molecule has 142 valence electrons. The number of anilines is 3. The predicted octanol–water partition coefficient (Wildman–Crippen LogP) is 3.92. The molecule has 1 amide bonds. The molecule has 0 bridgehead atoms. The highest BCUT2D eigenvalue weighted by molar-refractivity contribution is 6.04. The maximum atomic E-state index is 12.5. The molecule has 0 spiro atoms. The Kier molecular flexibility index (Phi) is 4.80. The Morgan fingerprint density at radius 3 is 2.64 bits per heavy atom. The monoisotopic (exact) mass is 376 g/mol. The molecule has 3 aromatic rings. The minimum absolute atomic E-state index is 0.191. The minimum Gasteiger partial charge on any atom is -0.454 e. The second-order valence-electron chi connectivity index (χ2n) is 6.38. The van der Waals surface area contributed by atoms with Crippen molar-refractivity contribution >= 4 is 23.2 Å². The summed E-state index contributed by atoms with van der Waals surface area (Å²) < 4.78 is 10.6. The lowest BCUT2D eigenvalue weighted by molar-refractivity contribution is 0.102. The third-order valence-corrected chi connectivity index (χ3v) is 4.40. The van der Waals surface area contributed by atoms with E-state index < -0.39 is 0 Å². The molecular formula is C21H20N4O3. The Hall–Kier alpha value is -3.61. The van der Waals surface area contributed by atoms with Gasteiger partial charge in [0.25, 0.3) is 5.91 Å². The van der Waals surface area contributed by atoms with Gasteiger partial charge in [0.15, 0.2) is 11.5 Å². The molecule has 28 heavy (non-hydrogen) atoms. The maximum Gasteiger partial charge on any atom is 0.258 e. The Labute approximate surface area is 163 Å². The number of aromatic nitrogens is 2. The summed E-state index contributed by atoms with van der Waals surface area (Å²) in [5.41, 5.74) is 3.17. The van der Waals surface area contributed by atoms with Gasteiger partial charge >= 0.3 is 0 Å². The SMILES string of the molecule is CCN(c1cccc(C)c1)c1ncc(C(=O)Nc2ccc3c(c2)OCO3)cn1. The number of nitrogens with one attached hydrogen (secondary N) is 1. The molecule has 4 rings (SSSR count). The van der Waals surface area contributed by atoms with Gasteiger partial charge in [-0.1, -0.05) is 12.1 Å². The molecule has 1 N–H and O–H groups in total. The van der Waals surface area contributed by atoms with E-state index in [2.05, 4.69) is 21.4 Å². The highest BCUT2D eigenvalue weighted by Gasteiger charge is 2.16. The topological polar surface area (TPSA) is 76.6 Å². The van der Waals surface area contributed by atoms with Crippen molar-refractivity contribution in [2.75, 3.05) is 23.6 Å². The third-order valence-electron chi connectivity index (χ3n) is 4.40. The molecule has 1 aliphatic heterocycles. The lowest BCUT2D eigenvalue weighted by Gasteiger charge is -2.21. The first kappa shape index (κ1) is 17.8. The van der Waals surface area contributed by atoms with Crippen molar-refractivity contribution in [3.63, 3.8) is 0 Å². The fraction of sp³-hybridized carbons (Fsp3) is 0.190. The molecule has 0 aliphatic carbocycles. The minimum atomic E-state index is -0.288. The van der Waals surface area contributed by atoms with E-state index in [-0.39, 0.29) is 12.7 Å². The summed E-state index contributed by atoms with van der Waals surface area (Å²) in [6.07, 6.45) is 3.06. The lowest BCUT2D eigenvalue weighted by Crippen LogP contribution is -2.20. The van der Waals surface area contributed by atoms with Gasteiger partial charge in [-0.05, 0) is 43.7 Å². The first-order valence-corrected chi connectivity index (χ1v) is 9.01. The number of hydrogen-bond donors (Lipinski definition) is 1. The van der Waals surface area contributed by atoms with E-state index in [0.717, 1.165) is 11.3 Å². The van der Waals surface area contributed by atoms with Crippen molar-refractivity contribution < 1.29 is 14.3 Å². The van der Waals surface area contributed by atoms with E-state index in [0.29, 0.717) is 35.2 Å². The summed E-state index contributed by atoms with van der Waals surface area (Å²) in [5.74, 6) is 1.54. The van der Waals surface area contributed by atoms with Crippen LogP contribution < -0.4 is 19.7 Å². The largest absolute Gasteiger partial charge is 0.454 e. The fourth-order valence-electron chi connectivity index (χ4n) is 2.99. The van der Waals surface area contributed by atoms with E-state index in [9.17, 15) is 4.79 Å². The van der Waals surface area contributed by atoms with Gasteiger partial charge in [0, 0.05) is 36.4 Å². The molecule has 0 saturated heterocycles. The standard InChI is InChI=1S/C21H20N4O3/c1-3-25(17-6-4-5-14(2)9-17)21-22-11-15(12-23-21)20(26)24-16-7-8-18-19(10-16)28-13-27-18/h4-12H,3,13H2,1-2H3,(H,24,26). The number of rotatable bonds is 5. The molecule has 2 heterocycles. The molecule has 0 radical (unpaired) electrons. The van der Waals surface area contributed by atoms with Crippen LogP contribution in [-0.2, 0) is 0 Å². The number of amides is 1. The van der Waals surface area contributed by atoms with Crippen LogP contribution in [-0.4, -0.2) is 29.2 Å². The summed E-state index contributed by atoms with van der Waals surface area (Å²) in [4.78, 5) is 23.3. The average molecular weight is 376 g/mol. The zero-order chi connectivity index (χ0) is 19.5. The molecule has 0 unspecified atom stereocenters. The zero-order valence-electron chi connectivity index (χ0n) is 15.7. The van der Waals surface area contributed by atoms with Gasteiger partial charge in [-0.25, -0.2) is 9.97 Å². The number of nitrogens with zero attached hydrogens (tertiary/aromatic N) is 3. The van der Waals surface area contributed by atoms with Gasteiger partial charge < -0.3 is 19.7 Å². The van der Waals surface area contributed by atoms with Gasteiger partial charge in [-0.2, -0.15) is 0 Å². The van der Waals surface area contributed by atoms with Gasteiger partial charge in [-0.3, -0.25) is 4.79 Å². The predicted molar refractivity (Wildman–Crippen MR) is 106 cm³/mol. The Bertz CT molecular complexity index is 1000. The summed E-state index contributed by atoms with van der Waals surface area (Å²) in [6, 6.07) is 13.4. The number of fused-ring (bicyclic) bond motifs is 1. The van der Waals surface area contributed by atoms with Crippen molar-refractivity contribution in [1.29, 1.82) is 0 Å². The number of benzene rings is 2. The van der Waals surface area contributed by atoms with Gasteiger partial charge in [-0.15, -0.1) is 0 Å². The fourth-order valence-corrected chi connectivity index (χ4v) is 2.99. The lowest BCUT2D eigenvalue weighted by atomic mass is 10.2. The first-order chi connectivity index (χ1) is 13.6. The van der Waals surface area contributed by atoms with Crippen LogP contribution in [0.5, 0.6) is 11.5 Å². The molecule has 1 aliphatic rings. The van der Waals surface area contributed by atoms with Gasteiger partial charge in [0.05, 0.1) is 5.56 Å². The zero-order valence-corrected chi connectivity index (χ0v) is 15.7. The molecule has 0 fully saturated rings. The van der Waals surface area contributed by atoms with Crippen LogP contribution in [0.25, 0.3) is 0 Å². The summed E-state index contributed by atoms with van der Waals surface area (Å²) in [6.45, 7) is 4.98. The quantitative estimate of drug-likeness (QED) is 0.727. The highest BCUT2D eigenvalue weighted by Crippen LogP contribution is 2.34. The number of carbonyl (C=O) groups excluding carboxylic acids is 1.